The van der Waals surface area contributed by atoms with Crippen LogP contribution in [0.2, 0.25) is 0 Å². The summed E-state index contributed by atoms with van der Waals surface area (Å²) in [5.41, 5.74) is 0.945. The normalized spacial score (nSPS) is 10.6. The molecule has 17 heavy (non-hydrogen) atoms. The van der Waals surface area contributed by atoms with Crippen LogP contribution in [0.1, 0.15) is 12.0 Å². The van der Waals surface area contributed by atoms with Crippen molar-refractivity contribution >= 4 is 11.8 Å². The molecule has 0 aromatic heterocycles. The number of benzene rings is 1. The molecule has 0 amide bonds. The third-order valence-electron chi connectivity index (χ3n) is 2.24. The molecule has 0 bridgehead atoms. The predicted molar refractivity (Wildman–Crippen MR) is 70.5 cm³/mol. The monoisotopic (exact) mass is 257 g/mol. The minimum absolute atomic E-state index is 0.0818. The van der Waals surface area contributed by atoms with E-state index in [0.717, 1.165) is 30.0 Å². The van der Waals surface area contributed by atoms with Gasteiger partial charge in [-0.2, -0.15) is 11.8 Å². The summed E-state index contributed by atoms with van der Waals surface area (Å²) in [5, 5.41) is 30.3. The fraction of sp³-hybridized carbons (Fsp3) is 0.500. The first kappa shape index (κ1) is 14.2. The van der Waals surface area contributed by atoms with Gasteiger partial charge in [0.05, 0.1) is 0 Å². The van der Waals surface area contributed by atoms with E-state index in [1.54, 1.807) is 23.9 Å². The SMILES string of the molecule is OCCCSCCNCc1ccc(O)c(O)c1. The van der Waals surface area contributed by atoms with Crippen molar-refractivity contribution in [3.8, 4) is 11.5 Å². The molecular formula is C12H19NO3S. The molecule has 4 N–H and O–H groups in total. The third-order valence-corrected chi connectivity index (χ3v) is 3.31. The van der Waals surface area contributed by atoms with Crippen molar-refractivity contribution in [1.29, 1.82) is 0 Å². The van der Waals surface area contributed by atoms with Crippen LogP contribution in [0.5, 0.6) is 11.5 Å². The van der Waals surface area contributed by atoms with E-state index in [1.165, 1.54) is 6.07 Å². The highest BCUT2D eigenvalue weighted by atomic mass is 32.2. The van der Waals surface area contributed by atoms with Gasteiger partial charge < -0.3 is 20.6 Å². The zero-order valence-corrected chi connectivity index (χ0v) is 10.5. The van der Waals surface area contributed by atoms with E-state index < -0.39 is 0 Å². The van der Waals surface area contributed by atoms with E-state index in [2.05, 4.69) is 5.32 Å². The maximum absolute atomic E-state index is 9.29. The molecule has 0 aliphatic heterocycles. The molecule has 0 heterocycles. The van der Waals surface area contributed by atoms with Crippen molar-refractivity contribution in [2.75, 3.05) is 24.7 Å². The van der Waals surface area contributed by atoms with Crippen LogP contribution in [0, 0.1) is 0 Å². The van der Waals surface area contributed by atoms with Gasteiger partial charge in [-0.25, -0.2) is 0 Å². The first-order chi connectivity index (χ1) is 8.24. The topological polar surface area (TPSA) is 72.7 Å². The summed E-state index contributed by atoms with van der Waals surface area (Å²) in [6.45, 7) is 1.82. The predicted octanol–water partition coefficient (Wildman–Crippen LogP) is 1.30. The van der Waals surface area contributed by atoms with Gasteiger partial charge in [0, 0.05) is 25.4 Å². The summed E-state index contributed by atoms with van der Waals surface area (Å²) in [6.07, 6.45) is 0.844. The molecule has 1 aromatic rings. The summed E-state index contributed by atoms with van der Waals surface area (Å²) in [7, 11) is 0. The number of hydrogen-bond acceptors (Lipinski definition) is 5. The van der Waals surface area contributed by atoms with Gasteiger partial charge in [0.25, 0.3) is 0 Å². The second-order valence-electron chi connectivity index (χ2n) is 3.69. The number of aliphatic hydroxyl groups is 1. The van der Waals surface area contributed by atoms with Crippen molar-refractivity contribution in [2.24, 2.45) is 0 Å². The highest BCUT2D eigenvalue weighted by Gasteiger charge is 1.99. The Labute approximate surface area is 106 Å². The maximum Gasteiger partial charge on any atom is 0.157 e. The average Bonchev–Trinajstić information content (AvgIpc) is 2.32. The van der Waals surface area contributed by atoms with Crippen LogP contribution in [0.25, 0.3) is 0 Å². The molecule has 1 aromatic carbocycles. The molecule has 0 atom stereocenters. The number of thioether (sulfide) groups is 1. The summed E-state index contributed by atoms with van der Waals surface area (Å²) in [4.78, 5) is 0. The summed E-state index contributed by atoms with van der Waals surface area (Å²) in [6, 6.07) is 4.82. The maximum atomic E-state index is 9.29. The van der Waals surface area contributed by atoms with Crippen LogP contribution in [0.15, 0.2) is 18.2 Å². The van der Waals surface area contributed by atoms with Gasteiger partial charge in [0.15, 0.2) is 11.5 Å². The lowest BCUT2D eigenvalue weighted by Gasteiger charge is -2.06. The lowest BCUT2D eigenvalue weighted by Crippen LogP contribution is -2.16. The molecule has 0 spiro atoms. The van der Waals surface area contributed by atoms with Gasteiger partial charge in [0.1, 0.15) is 0 Å². The minimum atomic E-state index is -0.0895. The van der Waals surface area contributed by atoms with E-state index in [9.17, 15) is 5.11 Å². The van der Waals surface area contributed by atoms with E-state index in [0.29, 0.717) is 6.54 Å². The van der Waals surface area contributed by atoms with Crippen molar-refractivity contribution < 1.29 is 15.3 Å². The second-order valence-corrected chi connectivity index (χ2v) is 4.91. The van der Waals surface area contributed by atoms with E-state index in [-0.39, 0.29) is 18.1 Å². The number of aromatic hydroxyl groups is 2. The molecule has 5 heteroatoms. The lowest BCUT2D eigenvalue weighted by atomic mass is 10.2. The van der Waals surface area contributed by atoms with E-state index in [4.69, 9.17) is 10.2 Å². The summed E-state index contributed by atoms with van der Waals surface area (Å²) < 4.78 is 0. The lowest BCUT2D eigenvalue weighted by molar-refractivity contribution is 0.296. The van der Waals surface area contributed by atoms with E-state index in [1.807, 2.05) is 0 Å². The summed E-state index contributed by atoms with van der Waals surface area (Å²) in [5.74, 6) is 1.82. The largest absolute Gasteiger partial charge is 0.504 e. The smallest absolute Gasteiger partial charge is 0.157 e. The first-order valence-electron chi connectivity index (χ1n) is 5.64. The Hall–Kier alpha value is -0.910. The van der Waals surface area contributed by atoms with Crippen molar-refractivity contribution in [3.05, 3.63) is 23.8 Å². The van der Waals surface area contributed by atoms with Gasteiger partial charge in [-0.1, -0.05) is 6.07 Å². The molecule has 0 saturated carbocycles. The highest BCUT2D eigenvalue weighted by molar-refractivity contribution is 7.99. The molecule has 0 fully saturated rings. The number of rotatable bonds is 8. The zero-order valence-electron chi connectivity index (χ0n) is 9.72. The van der Waals surface area contributed by atoms with Gasteiger partial charge in [-0.3, -0.25) is 0 Å². The zero-order chi connectivity index (χ0) is 12.5. The number of hydrogen-bond donors (Lipinski definition) is 4. The fourth-order valence-electron chi connectivity index (χ4n) is 1.32. The number of phenolic OH excluding ortho intramolecular Hbond substituents is 2. The van der Waals surface area contributed by atoms with Gasteiger partial charge in [-0.05, 0) is 29.9 Å². The Bertz CT molecular complexity index is 334. The van der Waals surface area contributed by atoms with Crippen molar-refractivity contribution in [1.82, 2.24) is 5.32 Å². The van der Waals surface area contributed by atoms with Crippen LogP contribution in [0.3, 0.4) is 0 Å². The molecule has 0 radical (unpaired) electrons. The van der Waals surface area contributed by atoms with Crippen molar-refractivity contribution in [2.45, 2.75) is 13.0 Å². The van der Waals surface area contributed by atoms with Crippen LogP contribution in [0.4, 0.5) is 0 Å². The van der Waals surface area contributed by atoms with Crippen molar-refractivity contribution in [3.63, 3.8) is 0 Å². The molecule has 0 aliphatic rings. The quantitative estimate of drug-likeness (QED) is 0.417. The van der Waals surface area contributed by atoms with Crippen LogP contribution < -0.4 is 5.32 Å². The fourth-order valence-corrected chi connectivity index (χ4v) is 2.15. The summed E-state index contributed by atoms with van der Waals surface area (Å²) >= 11 is 1.81. The van der Waals surface area contributed by atoms with Gasteiger partial charge >= 0.3 is 0 Å². The van der Waals surface area contributed by atoms with Gasteiger partial charge in [0.2, 0.25) is 0 Å². The molecule has 0 unspecified atom stereocenters. The molecule has 1 rings (SSSR count). The molecular weight excluding hydrogens is 238 g/mol. The highest BCUT2D eigenvalue weighted by Crippen LogP contribution is 2.24. The minimum Gasteiger partial charge on any atom is -0.504 e. The van der Waals surface area contributed by atoms with E-state index >= 15 is 0 Å². The number of aliphatic hydroxyl groups excluding tert-OH is 1. The van der Waals surface area contributed by atoms with Crippen LogP contribution >= 0.6 is 11.8 Å². The Morgan fingerprint density at radius 1 is 1.12 bits per heavy atom. The molecule has 0 aliphatic carbocycles. The Kier molecular flexibility index (Phi) is 6.84. The standard InChI is InChI=1S/C12H19NO3S/c14-5-1-6-17-7-4-13-9-10-2-3-11(15)12(16)8-10/h2-3,8,13-16H,1,4-7,9H2. The molecule has 4 nitrogen and oxygen atoms in total. The first-order valence-corrected chi connectivity index (χ1v) is 6.79. The Morgan fingerprint density at radius 3 is 2.65 bits per heavy atom. The molecule has 0 saturated heterocycles. The third kappa shape index (κ3) is 5.81. The average molecular weight is 257 g/mol. The Morgan fingerprint density at radius 2 is 1.94 bits per heavy atom. The number of nitrogens with one attached hydrogen (secondary N) is 1. The second kappa shape index (κ2) is 8.22. The van der Waals surface area contributed by atoms with Crippen LogP contribution in [-0.4, -0.2) is 40.0 Å². The number of phenols is 2. The molecule has 96 valence electrons. The van der Waals surface area contributed by atoms with Gasteiger partial charge in [-0.15, -0.1) is 0 Å². The van der Waals surface area contributed by atoms with Crippen LogP contribution in [-0.2, 0) is 6.54 Å². The Balaban J connectivity index is 2.11.